The third-order valence-electron chi connectivity index (χ3n) is 5.86. The Morgan fingerprint density at radius 3 is 2.83 bits per heavy atom. The second-order valence-electron chi connectivity index (χ2n) is 7.51. The van der Waals surface area contributed by atoms with E-state index in [0.717, 1.165) is 39.7 Å². The number of nitrogens with zero attached hydrogens (tertiary/aromatic N) is 5. The van der Waals surface area contributed by atoms with Gasteiger partial charge >= 0.3 is 0 Å². The van der Waals surface area contributed by atoms with Gasteiger partial charge in [0, 0.05) is 25.0 Å². The third kappa shape index (κ3) is 2.38. The number of pyridine rings is 1. The summed E-state index contributed by atoms with van der Waals surface area (Å²) < 4.78 is 30.6. The molecule has 5 heterocycles. The number of hydrogen-bond acceptors (Lipinski definition) is 5. The van der Waals surface area contributed by atoms with Crippen LogP contribution in [0.5, 0.6) is 11.5 Å². The summed E-state index contributed by atoms with van der Waals surface area (Å²) in [6.45, 7) is 0.923. The molecule has 0 spiro atoms. The molecular weight excluding hydrogens is 373 g/mol. The average molecular weight is 391 g/mol. The number of hydrogen-bond donors (Lipinski definition) is 0. The van der Waals surface area contributed by atoms with E-state index < -0.39 is 0 Å². The quantitative estimate of drug-likeness (QED) is 0.499. The molecule has 1 aromatic carbocycles. The lowest BCUT2D eigenvalue weighted by Crippen LogP contribution is -2.13. The SMILES string of the molecule is Cn1ccnc1-c1cc2c(n3cnnc13)CCc1c(F)ccc3c1[C@H](CO3)CO2. The lowest BCUT2D eigenvalue weighted by atomic mass is 9.93. The van der Waals surface area contributed by atoms with Crippen molar-refractivity contribution in [2.45, 2.75) is 18.8 Å². The highest BCUT2D eigenvalue weighted by Gasteiger charge is 2.31. The fourth-order valence-corrected chi connectivity index (χ4v) is 4.46. The Morgan fingerprint density at radius 2 is 2.00 bits per heavy atom. The maximum atomic E-state index is 14.7. The van der Waals surface area contributed by atoms with Crippen LogP contribution in [0.2, 0.25) is 0 Å². The standard InChI is InChI=1S/C21H18FN5O2/c1-26-7-6-23-20(26)14-8-18-16(27-11-24-25-21(14)27)4-2-13-15(22)3-5-17-19(13)12(9-28-17)10-29-18/h3,5-8,11-12H,2,4,9-10H2,1H3/t12-/m1/s1. The molecule has 0 aliphatic carbocycles. The molecule has 29 heavy (non-hydrogen) atoms. The Bertz CT molecular complexity index is 1260. The number of fused-ring (bicyclic) bond motifs is 3. The Balaban J connectivity index is 1.54. The summed E-state index contributed by atoms with van der Waals surface area (Å²) in [5.74, 6) is 2.12. The summed E-state index contributed by atoms with van der Waals surface area (Å²) in [6.07, 6.45) is 6.48. The molecule has 6 rings (SSSR count). The highest BCUT2D eigenvalue weighted by atomic mass is 19.1. The van der Waals surface area contributed by atoms with E-state index in [1.165, 1.54) is 6.07 Å². The average Bonchev–Trinajstić information content (AvgIpc) is 3.45. The highest BCUT2D eigenvalue weighted by molar-refractivity contribution is 5.75. The first-order chi connectivity index (χ1) is 14.2. The van der Waals surface area contributed by atoms with Crippen molar-refractivity contribution >= 4 is 5.65 Å². The minimum atomic E-state index is -0.188. The summed E-state index contributed by atoms with van der Waals surface area (Å²) in [6, 6.07) is 5.19. The second kappa shape index (κ2) is 6.04. The number of imidazole rings is 1. The van der Waals surface area contributed by atoms with Gasteiger partial charge in [0.25, 0.3) is 0 Å². The Morgan fingerprint density at radius 1 is 1.14 bits per heavy atom. The Hall–Kier alpha value is -3.42. The van der Waals surface area contributed by atoms with Crippen LogP contribution >= 0.6 is 0 Å². The van der Waals surface area contributed by atoms with E-state index in [2.05, 4.69) is 15.2 Å². The van der Waals surface area contributed by atoms with Crippen LogP contribution in [0.25, 0.3) is 17.0 Å². The maximum absolute atomic E-state index is 14.7. The normalized spacial score (nSPS) is 17.7. The minimum absolute atomic E-state index is 0.00914. The van der Waals surface area contributed by atoms with Crippen LogP contribution in [0.3, 0.4) is 0 Å². The summed E-state index contributed by atoms with van der Waals surface area (Å²) in [4.78, 5) is 4.47. The van der Waals surface area contributed by atoms with Gasteiger partial charge in [0.05, 0.1) is 30.4 Å². The molecule has 0 bridgehead atoms. The van der Waals surface area contributed by atoms with Gasteiger partial charge < -0.3 is 14.0 Å². The molecule has 0 N–H and O–H groups in total. The van der Waals surface area contributed by atoms with Gasteiger partial charge in [-0.05, 0) is 36.6 Å². The first-order valence-electron chi connectivity index (χ1n) is 9.61. The summed E-state index contributed by atoms with van der Waals surface area (Å²) >= 11 is 0. The molecule has 3 aromatic heterocycles. The molecule has 0 unspecified atom stereocenters. The van der Waals surface area contributed by atoms with Crippen molar-refractivity contribution in [1.82, 2.24) is 24.1 Å². The molecule has 0 radical (unpaired) electrons. The molecule has 0 fully saturated rings. The molecule has 0 saturated heterocycles. The van der Waals surface area contributed by atoms with Crippen molar-refractivity contribution in [3.05, 3.63) is 59.6 Å². The predicted molar refractivity (Wildman–Crippen MR) is 103 cm³/mol. The second-order valence-corrected chi connectivity index (χ2v) is 7.51. The van der Waals surface area contributed by atoms with Crippen molar-refractivity contribution < 1.29 is 13.9 Å². The summed E-state index contributed by atoms with van der Waals surface area (Å²) in [5.41, 5.74) is 4.15. The first kappa shape index (κ1) is 16.5. The zero-order valence-electron chi connectivity index (χ0n) is 15.8. The van der Waals surface area contributed by atoms with Gasteiger partial charge in [0.1, 0.15) is 29.5 Å². The number of halogens is 1. The predicted octanol–water partition coefficient (Wildman–Crippen LogP) is 2.92. The van der Waals surface area contributed by atoms with Gasteiger partial charge in [-0.15, -0.1) is 10.2 Å². The van der Waals surface area contributed by atoms with Gasteiger partial charge in [-0.2, -0.15) is 0 Å². The molecule has 0 amide bonds. The fourth-order valence-electron chi connectivity index (χ4n) is 4.46. The molecular formula is C21H18FN5O2. The Kier molecular flexibility index (Phi) is 3.44. The van der Waals surface area contributed by atoms with E-state index in [1.54, 1.807) is 18.6 Å². The van der Waals surface area contributed by atoms with Crippen LogP contribution < -0.4 is 9.47 Å². The molecule has 8 heteroatoms. The monoisotopic (exact) mass is 391 g/mol. The molecule has 0 saturated carbocycles. The van der Waals surface area contributed by atoms with Crippen LogP contribution in [0.1, 0.15) is 22.7 Å². The van der Waals surface area contributed by atoms with Gasteiger partial charge in [0.2, 0.25) is 0 Å². The smallest absolute Gasteiger partial charge is 0.172 e. The van der Waals surface area contributed by atoms with E-state index >= 15 is 0 Å². The summed E-state index contributed by atoms with van der Waals surface area (Å²) in [5, 5.41) is 8.43. The van der Waals surface area contributed by atoms with Crippen molar-refractivity contribution in [1.29, 1.82) is 0 Å². The number of rotatable bonds is 1. The van der Waals surface area contributed by atoms with Crippen molar-refractivity contribution in [3.8, 4) is 22.9 Å². The lowest BCUT2D eigenvalue weighted by molar-refractivity contribution is 0.246. The van der Waals surface area contributed by atoms with Crippen LogP contribution in [-0.4, -0.2) is 37.4 Å². The number of benzene rings is 1. The molecule has 2 aliphatic rings. The topological polar surface area (TPSA) is 66.5 Å². The highest BCUT2D eigenvalue weighted by Crippen LogP contribution is 2.41. The van der Waals surface area contributed by atoms with Crippen molar-refractivity contribution in [2.24, 2.45) is 7.05 Å². The van der Waals surface area contributed by atoms with Crippen molar-refractivity contribution in [3.63, 3.8) is 0 Å². The van der Waals surface area contributed by atoms with E-state index in [-0.39, 0.29) is 11.7 Å². The van der Waals surface area contributed by atoms with Crippen molar-refractivity contribution in [2.75, 3.05) is 13.2 Å². The zero-order valence-corrected chi connectivity index (χ0v) is 15.8. The van der Waals surface area contributed by atoms with Gasteiger partial charge in [-0.25, -0.2) is 9.37 Å². The first-order valence-corrected chi connectivity index (χ1v) is 9.61. The van der Waals surface area contributed by atoms with Gasteiger partial charge in [0.15, 0.2) is 5.65 Å². The number of aromatic nitrogens is 5. The fraction of sp³-hybridized carbons (Fsp3) is 0.286. The van der Waals surface area contributed by atoms with Crippen LogP contribution in [-0.2, 0) is 19.9 Å². The Labute approximate surface area is 165 Å². The molecule has 1 atom stereocenters. The molecule has 2 aliphatic heterocycles. The van der Waals surface area contributed by atoms with Crippen LogP contribution in [0.15, 0.2) is 36.9 Å². The lowest BCUT2D eigenvalue weighted by Gasteiger charge is -2.16. The zero-order chi connectivity index (χ0) is 19.5. The van der Waals surface area contributed by atoms with Crippen LogP contribution in [0, 0.1) is 5.82 Å². The third-order valence-corrected chi connectivity index (χ3v) is 5.86. The molecule has 7 nitrogen and oxygen atoms in total. The molecule has 4 aromatic rings. The maximum Gasteiger partial charge on any atom is 0.172 e. The van der Waals surface area contributed by atoms with Crippen LogP contribution in [0.4, 0.5) is 4.39 Å². The van der Waals surface area contributed by atoms with E-state index in [1.807, 2.05) is 28.3 Å². The van der Waals surface area contributed by atoms with E-state index in [4.69, 9.17) is 9.47 Å². The van der Waals surface area contributed by atoms with E-state index in [9.17, 15) is 4.39 Å². The van der Waals surface area contributed by atoms with Gasteiger partial charge in [-0.1, -0.05) is 0 Å². The van der Waals surface area contributed by atoms with E-state index in [0.29, 0.717) is 31.7 Å². The van der Waals surface area contributed by atoms with Gasteiger partial charge in [-0.3, -0.25) is 4.40 Å². The molecule has 146 valence electrons. The number of ether oxygens (including phenoxy) is 2. The number of aryl methyl sites for hydroxylation is 2. The minimum Gasteiger partial charge on any atom is -0.493 e. The largest absolute Gasteiger partial charge is 0.493 e. The summed E-state index contributed by atoms with van der Waals surface area (Å²) in [7, 11) is 1.94.